The maximum atomic E-state index is 12.4. The highest BCUT2D eigenvalue weighted by Gasteiger charge is 2.25. The number of thiocarbonyl (C=S) groups is 1. The fourth-order valence-corrected chi connectivity index (χ4v) is 2.63. The summed E-state index contributed by atoms with van der Waals surface area (Å²) in [6.45, 7) is 0.131. The minimum Gasteiger partial charge on any atom is -0.393 e. The highest BCUT2D eigenvalue weighted by atomic mass is 32.2. The van der Waals surface area contributed by atoms with Crippen LogP contribution in [0.1, 0.15) is 5.56 Å². The Morgan fingerprint density at radius 3 is 2.38 bits per heavy atom. The summed E-state index contributed by atoms with van der Waals surface area (Å²) in [5.74, 6) is -0.952. The van der Waals surface area contributed by atoms with E-state index in [0.29, 0.717) is 6.42 Å². The molecule has 0 aliphatic rings. The summed E-state index contributed by atoms with van der Waals surface area (Å²) >= 11 is 4.98. The van der Waals surface area contributed by atoms with Crippen molar-refractivity contribution in [3.8, 4) is 0 Å². The number of carbonyl (C=O) groups is 1. The summed E-state index contributed by atoms with van der Waals surface area (Å²) < 4.78 is 22.3. The van der Waals surface area contributed by atoms with Gasteiger partial charge in [-0.1, -0.05) is 42.5 Å². The number of sulfone groups is 1. The van der Waals surface area contributed by atoms with Crippen LogP contribution < -0.4 is 5.73 Å². The molecule has 1 atom stereocenters. The molecular formula is C14H20N2O3S2. The van der Waals surface area contributed by atoms with Crippen molar-refractivity contribution in [3.05, 3.63) is 35.9 Å². The lowest BCUT2D eigenvalue weighted by Crippen LogP contribution is -2.42. The predicted molar refractivity (Wildman–Crippen MR) is 87.8 cm³/mol. The van der Waals surface area contributed by atoms with E-state index in [1.54, 1.807) is 7.05 Å². The zero-order valence-corrected chi connectivity index (χ0v) is 13.8. The number of rotatable bonds is 7. The molecule has 2 N–H and O–H groups in total. The maximum Gasteiger partial charge on any atom is 0.232 e. The van der Waals surface area contributed by atoms with Gasteiger partial charge in [0.05, 0.1) is 16.7 Å². The summed E-state index contributed by atoms with van der Waals surface area (Å²) in [6, 6.07) is 9.44. The monoisotopic (exact) mass is 328 g/mol. The Labute approximate surface area is 131 Å². The minimum absolute atomic E-state index is 0.0787. The molecule has 1 aromatic rings. The summed E-state index contributed by atoms with van der Waals surface area (Å²) in [5, 5.41) is 0. The van der Waals surface area contributed by atoms with Crippen molar-refractivity contribution in [1.29, 1.82) is 0 Å². The van der Waals surface area contributed by atoms with Gasteiger partial charge in [-0.05, 0) is 12.0 Å². The van der Waals surface area contributed by atoms with Crippen molar-refractivity contribution in [3.63, 3.8) is 0 Å². The summed E-state index contributed by atoms with van der Waals surface area (Å²) in [4.78, 5) is 13.9. The number of amides is 1. The van der Waals surface area contributed by atoms with E-state index in [0.717, 1.165) is 11.8 Å². The lowest BCUT2D eigenvalue weighted by Gasteiger charge is -2.23. The Morgan fingerprint density at radius 1 is 1.33 bits per heavy atom. The van der Waals surface area contributed by atoms with Gasteiger partial charge in [0.2, 0.25) is 5.91 Å². The molecule has 0 bridgehead atoms. The highest BCUT2D eigenvalue weighted by molar-refractivity contribution is 7.90. The van der Waals surface area contributed by atoms with Crippen LogP contribution in [-0.4, -0.2) is 49.8 Å². The van der Waals surface area contributed by atoms with Crippen LogP contribution >= 0.6 is 12.2 Å². The topological polar surface area (TPSA) is 80.5 Å². The van der Waals surface area contributed by atoms with Crippen LogP contribution in [0.5, 0.6) is 0 Å². The standard InChI is InChI=1S/C14H20N2O3S2/c1-16(8-9-21(2,18)19)14(17)12(13(15)20)10-11-6-4-3-5-7-11/h3-7,12H,8-10H2,1-2H3,(H2,15,20). The predicted octanol–water partition coefficient (Wildman–Crippen LogP) is 0.634. The molecule has 0 radical (unpaired) electrons. The molecule has 1 unspecified atom stereocenters. The zero-order valence-electron chi connectivity index (χ0n) is 12.2. The zero-order chi connectivity index (χ0) is 16.0. The molecule has 0 heterocycles. The quantitative estimate of drug-likeness (QED) is 0.743. The third-order valence-corrected chi connectivity index (χ3v) is 4.31. The number of nitrogens with zero attached hydrogens (tertiary/aromatic N) is 1. The number of hydrogen-bond acceptors (Lipinski definition) is 4. The van der Waals surface area contributed by atoms with Crippen LogP contribution in [0.4, 0.5) is 0 Å². The van der Waals surface area contributed by atoms with Gasteiger partial charge in [0.25, 0.3) is 0 Å². The van der Waals surface area contributed by atoms with Crippen LogP contribution in [0.2, 0.25) is 0 Å². The Morgan fingerprint density at radius 2 is 1.90 bits per heavy atom. The third-order valence-electron chi connectivity index (χ3n) is 3.10. The maximum absolute atomic E-state index is 12.4. The fraction of sp³-hybridized carbons (Fsp3) is 0.429. The molecule has 0 aromatic heterocycles. The number of nitrogens with two attached hydrogens (primary N) is 1. The van der Waals surface area contributed by atoms with Crippen LogP contribution in [-0.2, 0) is 21.1 Å². The van der Waals surface area contributed by atoms with Gasteiger partial charge in [-0.2, -0.15) is 0 Å². The van der Waals surface area contributed by atoms with E-state index in [1.807, 2.05) is 30.3 Å². The largest absolute Gasteiger partial charge is 0.393 e. The van der Waals surface area contributed by atoms with E-state index in [1.165, 1.54) is 4.90 Å². The Balaban J connectivity index is 2.76. The molecule has 1 rings (SSSR count). The third kappa shape index (κ3) is 6.22. The first-order valence-corrected chi connectivity index (χ1v) is 8.93. The average molecular weight is 328 g/mol. The van der Waals surface area contributed by atoms with E-state index in [-0.39, 0.29) is 23.2 Å². The van der Waals surface area contributed by atoms with Gasteiger partial charge in [-0.15, -0.1) is 0 Å². The van der Waals surface area contributed by atoms with E-state index in [4.69, 9.17) is 18.0 Å². The smallest absolute Gasteiger partial charge is 0.232 e. The molecule has 0 spiro atoms. The summed E-state index contributed by atoms with van der Waals surface area (Å²) in [7, 11) is -1.56. The molecule has 0 saturated carbocycles. The normalized spacial score (nSPS) is 12.7. The van der Waals surface area contributed by atoms with Crippen molar-refractivity contribution in [2.45, 2.75) is 6.42 Å². The van der Waals surface area contributed by atoms with Gasteiger partial charge in [0.15, 0.2) is 0 Å². The fourth-order valence-electron chi connectivity index (χ4n) is 1.84. The SMILES string of the molecule is CN(CCS(C)(=O)=O)C(=O)C(Cc1ccccc1)C(N)=S. The van der Waals surface area contributed by atoms with Gasteiger partial charge in [-0.25, -0.2) is 8.42 Å². The van der Waals surface area contributed by atoms with Crippen molar-refractivity contribution in [1.82, 2.24) is 4.90 Å². The average Bonchev–Trinajstić information content (AvgIpc) is 2.41. The van der Waals surface area contributed by atoms with Gasteiger partial charge < -0.3 is 10.6 Å². The van der Waals surface area contributed by atoms with Gasteiger partial charge in [0, 0.05) is 19.8 Å². The van der Waals surface area contributed by atoms with E-state index in [9.17, 15) is 13.2 Å². The summed E-state index contributed by atoms with van der Waals surface area (Å²) in [5.41, 5.74) is 6.63. The molecule has 21 heavy (non-hydrogen) atoms. The van der Waals surface area contributed by atoms with Gasteiger partial charge in [0.1, 0.15) is 9.84 Å². The highest BCUT2D eigenvalue weighted by Crippen LogP contribution is 2.12. The Kier molecular flexibility index (Phi) is 6.29. The molecule has 0 aliphatic heterocycles. The first kappa shape index (κ1) is 17.6. The van der Waals surface area contributed by atoms with Crippen LogP contribution in [0.25, 0.3) is 0 Å². The van der Waals surface area contributed by atoms with E-state index < -0.39 is 15.8 Å². The second-order valence-electron chi connectivity index (χ2n) is 5.03. The second kappa shape index (κ2) is 7.51. The molecule has 7 heteroatoms. The number of benzene rings is 1. The molecule has 0 fully saturated rings. The van der Waals surface area contributed by atoms with Crippen LogP contribution in [0.3, 0.4) is 0 Å². The molecule has 1 aromatic carbocycles. The molecule has 116 valence electrons. The molecule has 1 amide bonds. The number of carbonyl (C=O) groups excluding carboxylic acids is 1. The van der Waals surface area contributed by atoms with Crippen molar-refractivity contribution in [2.24, 2.45) is 11.7 Å². The van der Waals surface area contributed by atoms with Crippen LogP contribution in [0.15, 0.2) is 30.3 Å². The lowest BCUT2D eigenvalue weighted by atomic mass is 9.98. The minimum atomic E-state index is -3.12. The second-order valence-corrected chi connectivity index (χ2v) is 7.77. The van der Waals surface area contributed by atoms with Crippen molar-refractivity contribution < 1.29 is 13.2 Å². The first-order valence-electron chi connectivity index (χ1n) is 6.46. The van der Waals surface area contributed by atoms with Gasteiger partial charge >= 0.3 is 0 Å². The van der Waals surface area contributed by atoms with Gasteiger partial charge in [-0.3, -0.25) is 4.79 Å². The molecule has 0 saturated heterocycles. The Bertz CT molecular complexity index is 600. The van der Waals surface area contributed by atoms with Crippen molar-refractivity contribution in [2.75, 3.05) is 25.6 Å². The van der Waals surface area contributed by atoms with Crippen LogP contribution in [0, 0.1) is 5.92 Å². The molecule has 5 nitrogen and oxygen atoms in total. The molecular weight excluding hydrogens is 308 g/mol. The van der Waals surface area contributed by atoms with E-state index >= 15 is 0 Å². The lowest BCUT2D eigenvalue weighted by molar-refractivity contribution is -0.131. The van der Waals surface area contributed by atoms with E-state index in [2.05, 4.69) is 0 Å². The molecule has 0 aliphatic carbocycles. The first-order chi connectivity index (χ1) is 9.70. The number of hydrogen-bond donors (Lipinski definition) is 1. The van der Waals surface area contributed by atoms with Crippen molar-refractivity contribution >= 4 is 33.0 Å². The summed E-state index contributed by atoms with van der Waals surface area (Å²) in [6.07, 6.45) is 1.55. The Hall–Kier alpha value is -1.47.